The summed E-state index contributed by atoms with van der Waals surface area (Å²) in [5.41, 5.74) is 0.897. The van der Waals surface area contributed by atoms with E-state index in [0.717, 1.165) is 5.56 Å². The van der Waals surface area contributed by atoms with Crippen molar-refractivity contribution in [3.05, 3.63) is 35.9 Å². The quantitative estimate of drug-likeness (QED) is 0.838. The molecular formula is C13H15F3N2O2. The second kappa shape index (κ2) is 6.23. The molecule has 1 amide bonds. The molecule has 1 atom stereocenters. The van der Waals surface area contributed by atoms with E-state index in [4.69, 9.17) is 0 Å². The highest BCUT2D eigenvalue weighted by atomic mass is 19.4. The summed E-state index contributed by atoms with van der Waals surface area (Å²) in [7, 11) is 0. The van der Waals surface area contributed by atoms with Gasteiger partial charge in [-0.3, -0.25) is 10.1 Å². The van der Waals surface area contributed by atoms with Crippen LogP contribution in [0, 0.1) is 0 Å². The predicted molar refractivity (Wildman–Crippen MR) is 65.8 cm³/mol. The Labute approximate surface area is 114 Å². The number of hydrogen-bond donors (Lipinski definition) is 1. The lowest BCUT2D eigenvalue weighted by atomic mass is 10.1. The molecular weight excluding hydrogens is 273 g/mol. The van der Waals surface area contributed by atoms with Gasteiger partial charge in [0, 0.05) is 6.54 Å². The first kappa shape index (κ1) is 14.8. The van der Waals surface area contributed by atoms with Crippen LogP contribution in [0.3, 0.4) is 0 Å². The number of hydrogen-bond acceptors (Lipinski definition) is 3. The van der Waals surface area contributed by atoms with Crippen molar-refractivity contribution in [3.8, 4) is 0 Å². The van der Waals surface area contributed by atoms with Gasteiger partial charge in [0.25, 0.3) is 0 Å². The third-order valence-corrected chi connectivity index (χ3v) is 2.94. The summed E-state index contributed by atoms with van der Waals surface area (Å²) in [4.78, 5) is 13.2. The second-order valence-corrected chi connectivity index (χ2v) is 4.45. The van der Waals surface area contributed by atoms with Crippen LogP contribution < -0.4 is 5.32 Å². The van der Waals surface area contributed by atoms with Crippen LogP contribution in [-0.2, 0) is 9.53 Å². The number of alkyl halides is 3. The Balaban J connectivity index is 1.89. The van der Waals surface area contributed by atoms with Crippen molar-refractivity contribution >= 4 is 5.91 Å². The lowest BCUT2D eigenvalue weighted by Gasteiger charge is -2.24. The Morgan fingerprint density at radius 1 is 1.30 bits per heavy atom. The Morgan fingerprint density at radius 3 is 2.65 bits per heavy atom. The molecule has 1 aliphatic rings. The minimum atomic E-state index is -4.34. The molecule has 0 radical (unpaired) electrons. The molecule has 1 aromatic carbocycles. The molecule has 1 unspecified atom stereocenters. The van der Waals surface area contributed by atoms with Gasteiger partial charge in [0.1, 0.15) is 12.8 Å². The molecule has 1 aliphatic heterocycles. The van der Waals surface area contributed by atoms with E-state index in [-0.39, 0.29) is 31.8 Å². The van der Waals surface area contributed by atoms with Crippen molar-refractivity contribution in [2.75, 3.05) is 26.3 Å². The first-order chi connectivity index (χ1) is 9.47. The molecule has 0 saturated carbocycles. The van der Waals surface area contributed by atoms with Crippen molar-refractivity contribution in [2.45, 2.75) is 12.3 Å². The first-order valence-electron chi connectivity index (χ1n) is 6.20. The SMILES string of the molecule is O=C1CNC(c2ccccc2)N1CCOCC(F)(F)F. The van der Waals surface area contributed by atoms with Gasteiger partial charge in [-0.2, -0.15) is 13.2 Å². The highest BCUT2D eigenvalue weighted by Gasteiger charge is 2.32. The van der Waals surface area contributed by atoms with Gasteiger partial charge >= 0.3 is 6.18 Å². The molecule has 1 N–H and O–H groups in total. The van der Waals surface area contributed by atoms with Crippen LogP contribution in [0.2, 0.25) is 0 Å². The third-order valence-electron chi connectivity index (χ3n) is 2.94. The van der Waals surface area contributed by atoms with Crippen LogP contribution in [0.1, 0.15) is 11.7 Å². The van der Waals surface area contributed by atoms with Gasteiger partial charge in [0.05, 0.1) is 13.2 Å². The van der Waals surface area contributed by atoms with Crippen LogP contribution in [0.4, 0.5) is 13.2 Å². The minimum Gasteiger partial charge on any atom is -0.370 e. The van der Waals surface area contributed by atoms with Crippen molar-refractivity contribution < 1.29 is 22.7 Å². The zero-order chi connectivity index (χ0) is 14.6. The van der Waals surface area contributed by atoms with Gasteiger partial charge in [-0.1, -0.05) is 30.3 Å². The van der Waals surface area contributed by atoms with Crippen molar-refractivity contribution in [1.29, 1.82) is 0 Å². The Morgan fingerprint density at radius 2 is 2.00 bits per heavy atom. The van der Waals surface area contributed by atoms with E-state index in [2.05, 4.69) is 10.1 Å². The number of nitrogens with zero attached hydrogens (tertiary/aromatic N) is 1. The van der Waals surface area contributed by atoms with E-state index in [1.54, 1.807) is 0 Å². The maximum absolute atomic E-state index is 12.0. The Hall–Kier alpha value is -1.60. The highest BCUT2D eigenvalue weighted by Crippen LogP contribution is 2.22. The fourth-order valence-corrected chi connectivity index (χ4v) is 2.08. The number of carbonyl (C=O) groups is 1. The molecule has 1 heterocycles. The third kappa shape index (κ3) is 3.94. The van der Waals surface area contributed by atoms with E-state index in [0.29, 0.717) is 0 Å². The maximum Gasteiger partial charge on any atom is 0.411 e. The van der Waals surface area contributed by atoms with E-state index in [9.17, 15) is 18.0 Å². The van der Waals surface area contributed by atoms with E-state index in [1.165, 1.54) is 4.90 Å². The molecule has 7 heteroatoms. The van der Waals surface area contributed by atoms with Gasteiger partial charge in [-0.05, 0) is 5.56 Å². The largest absolute Gasteiger partial charge is 0.411 e. The fourth-order valence-electron chi connectivity index (χ4n) is 2.08. The summed E-state index contributed by atoms with van der Waals surface area (Å²) < 4.78 is 40.4. The number of amides is 1. The second-order valence-electron chi connectivity index (χ2n) is 4.45. The summed E-state index contributed by atoms with van der Waals surface area (Å²) in [5.74, 6) is -0.144. The molecule has 1 aromatic rings. The number of nitrogens with one attached hydrogen (secondary N) is 1. The van der Waals surface area contributed by atoms with Crippen LogP contribution in [0.25, 0.3) is 0 Å². The zero-order valence-electron chi connectivity index (χ0n) is 10.7. The Kier molecular flexibility index (Phi) is 4.61. The maximum atomic E-state index is 12.0. The molecule has 0 spiro atoms. The standard InChI is InChI=1S/C13H15F3N2O2/c14-13(15,16)9-20-7-6-18-11(19)8-17-12(18)10-4-2-1-3-5-10/h1-5,12,17H,6-9H2. The monoisotopic (exact) mass is 288 g/mol. The summed E-state index contributed by atoms with van der Waals surface area (Å²) in [6, 6.07) is 9.27. The smallest absolute Gasteiger partial charge is 0.370 e. The molecule has 0 aromatic heterocycles. The predicted octanol–water partition coefficient (Wildman–Crippen LogP) is 1.70. The van der Waals surface area contributed by atoms with Crippen molar-refractivity contribution in [3.63, 3.8) is 0 Å². The molecule has 2 rings (SSSR count). The molecule has 0 bridgehead atoms. The number of halogens is 3. The molecule has 4 nitrogen and oxygen atoms in total. The lowest BCUT2D eigenvalue weighted by molar-refractivity contribution is -0.175. The first-order valence-corrected chi connectivity index (χ1v) is 6.20. The number of benzene rings is 1. The fraction of sp³-hybridized carbons (Fsp3) is 0.462. The summed E-state index contributed by atoms with van der Waals surface area (Å²) in [6.07, 6.45) is -4.65. The average Bonchev–Trinajstić information content (AvgIpc) is 2.76. The van der Waals surface area contributed by atoms with Gasteiger partial charge < -0.3 is 9.64 Å². The van der Waals surface area contributed by atoms with Gasteiger partial charge in [-0.25, -0.2) is 0 Å². The van der Waals surface area contributed by atoms with E-state index < -0.39 is 12.8 Å². The minimum absolute atomic E-state index is 0.126. The van der Waals surface area contributed by atoms with E-state index >= 15 is 0 Å². The number of carbonyl (C=O) groups excluding carboxylic acids is 1. The van der Waals surface area contributed by atoms with Gasteiger partial charge in [0.2, 0.25) is 5.91 Å². The highest BCUT2D eigenvalue weighted by molar-refractivity contribution is 5.80. The summed E-state index contributed by atoms with van der Waals surface area (Å²) >= 11 is 0. The molecule has 1 fully saturated rings. The summed E-state index contributed by atoms with van der Waals surface area (Å²) in [6.45, 7) is -1.13. The van der Waals surface area contributed by atoms with Crippen molar-refractivity contribution in [2.24, 2.45) is 0 Å². The molecule has 110 valence electrons. The normalized spacial score (nSPS) is 19.6. The van der Waals surface area contributed by atoms with Gasteiger partial charge in [0.15, 0.2) is 0 Å². The summed E-state index contributed by atoms with van der Waals surface area (Å²) in [5, 5.41) is 3.03. The average molecular weight is 288 g/mol. The van der Waals surface area contributed by atoms with Crippen LogP contribution in [0.15, 0.2) is 30.3 Å². The number of ether oxygens (including phenoxy) is 1. The van der Waals surface area contributed by atoms with Crippen LogP contribution in [0.5, 0.6) is 0 Å². The van der Waals surface area contributed by atoms with Crippen LogP contribution in [-0.4, -0.2) is 43.3 Å². The van der Waals surface area contributed by atoms with E-state index in [1.807, 2.05) is 30.3 Å². The molecule has 20 heavy (non-hydrogen) atoms. The topological polar surface area (TPSA) is 41.6 Å². The van der Waals surface area contributed by atoms with Crippen molar-refractivity contribution in [1.82, 2.24) is 10.2 Å². The molecule has 1 saturated heterocycles. The Bertz CT molecular complexity index is 451. The van der Waals surface area contributed by atoms with Gasteiger partial charge in [-0.15, -0.1) is 0 Å². The lowest BCUT2D eigenvalue weighted by Crippen LogP contribution is -2.34. The van der Waals surface area contributed by atoms with Crippen LogP contribution >= 0.6 is 0 Å². The number of rotatable bonds is 5. The zero-order valence-corrected chi connectivity index (χ0v) is 10.7. The molecule has 0 aliphatic carbocycles.